The molecule has 0 aliphatic heterocycles. The number of carboxylic acids is 1. The molecule has 72 valence electrons. The highest BCUT2D eigenvalue weighted by Crippen LogP contribution is 2.12. The summed E-state index contributed by atoms with van der Waals surface area (Å²) in [5, 5.41) is 8.58. The van der Waals surface area contributed by atoms with Gasteiger partial charge in [-0.25, -0.2) is 0 Å². The summed E-state index contributed by atoms with van der Waals surface area (Å²) in [6.07, 6.45) is 0. The van der Waals surface area contributed by atoms with Crippen LogP contribution in [0.25, 0.3) is 0 Å². The molecule has 0 spiro atoms. The van der Waals surface area contributed by atoms with Crippen molar-refractivity contribution in [3.8, 4) is 0 Å². The normalized spacial score (nSPS) is 11.5. The van der Waals surface area contributed by atoms with Gasteiger partial charge >= 0.3 is 5.97 Å². The number of hydrogen-bond acceptors (Lipinski definition) is 2. The minimum atomic E-state index is -1.00. The predicted molar refractivity (Wildman–Crippen MR) is 61.0 cm³/mol. The first kappa shape index (κ1) is 12.7. The minimum Gasteiger partial charge on any atom is -0.480 e. The summed E-state index contributed by atoms with van der Waals surface area (Å²) in [5.74, 6) is -1.00. The first-order chi connectivity index (χ1) is 5.61. The fraction of sp³-hybridized carbons (Fsp3) is 0.125. The zero-order valence-corrected chi connectivity index (χ0v) is 9.58. The van der Waals surface area contributed by atoms with Gasteiger partial charge in [0, 0.05) is 3.57 Å². The van der Waals surface area contributed by atoms with Crippen molar-refractivity contribution in [1.82, 2.24) is 0 Å². The number of carboxylic acid groups (broad SMARTS) is 1. The fourth-order valence-corrected chi connectivity index (χ4v) is 1.17. The SMILES string of the molecule is Cl.NC(C(=O)O)c1ccc(I)cc1. The number of rotatable bonds is 2. The van der Waals surface area contributed by atoms with Crippen LogP contribution in [0.2, 0.25) is 0 Å². The second-order valence-electron chi connectivity index (χ2n) is 2.37. The summed E-state index contributed by atoms with van der Waals surface area (Å²) in [4.78, 5) is 10.5. The van der Waals surface area contributed by atoms with Crippen LogP contribution in [0.4, 0.5) is 0 Å². The highest BCUT2D eigenvalue weighted by molar-refractivity contribution is 14.1. The number of aliphatic carboxylic acids is 1. The van der Waals surface area contributed by atoms with Crippen LogP contribution in [0.5, 0.6) is 0 Å². The van der Waals surface area contributed by atoms with Crippen molar-refractivity contribution in [2.75, 3.05) is 0 Å². The quantitative estimate of drug-likeness (QED) is 0.818. The number of carbonyl (C=O) groups is 1. The van der Waals surface area contributed by atoms with E-state index < -0.39 is 12.0 Å². The van der Waals surface area contributed by atoms with Gasteiger partial charge in [-0.05, 0) is 40.3 Å². The van der Waals surface area contributed by atoms with Crippen molar-refractivity contribution in [2.45, 2.75) is 6.04 Å². The Bertz CT molecular complexity index is 289. The molecule has 3 N–H and O–H groups in total. The first-order valence-corrected chi connectivity index (χ1v) is 4.43. The zero-order chi connectivity index (χ0) is 9.14. The van der Waals surface area contributed by atoms with E-state index in [0.29, 0.717) is 5.56 Å². The number of hydrogen-bond donors (Lipinski definition) is 2. The summed E-state index contributed by atoms with van der Waals surface area (Å²) in [6, 6.07) is 6.19. The van der Waals surface area contributed by atoms with Crippen LogP contribution < -0.4 is 5.73 Å². The van der Waals surface area contributed by atoms with Gasteiger partial charge in [-0.2, -0.15) is 0 Å². The van der Waals surface area contributed by atoms with Gasteiger partial charge in [0.2, 0.25) is 0 Å². The van der Waals surface area contributed by atoms with Gasteiger partial charge in [-0.3, -0.25) is 4.79 Å². The lowest BCUT2D eigenvalue weighted by Gasteiger charge is -2.05. The molecular weight excluding hydrogens is 304 g/mol. The van der Waals surface area contributed by atoms with E-state index >= 15 is 0 Å². The molecule has 13 heavy (non-hydrogen) atoms. The third-order valence-corrected chi connectivity index (χ3v) is 2.21. The minimum absolute atomic E-state index is 0. The third kappa shape index (κ3) is 3.50. The van der Waals surface area contributed by atoms with E-state index in [2.05, 4.69) is 22.6 Å². The number of halogens is 2. The van der Waals surface area contributed by atoms with Gasteiger partial charge < -0.3 is 10.8 Å². The highest BCUT2D eigenvalue weighted by Gasteiger charge is 2.12. The van der Waals surface area contributed by atoms with Gasteiger partial charge in [-0.15, -0.1) is 12.4 Å². The van der Waals surface area contributed by atoms with Crippen LogP contribution in [-0.4, -0.2) is 11.1 Å². The molecule has 0 radical (unpaired) electrons. The third-order valence-electron chi connectivity index (χ3n) is 1.50. The van der Waals surface area contributed by atoms with Crippen molar-refractivity contribution >= 4 is 41.0 Å². The molecule has 0 saturated heterocycles. The van der Waals surface area contributed by atoms with Gasteiger partial charge in [-0.1, -0.05) is 12.1 Å². The molecule has 3 nitrogen and oxygen atoms in total. The Hall–Kier alpha value is -0.330. The van der Waals surface area contributed by atoms with E-state index in [-0.39, 0.29) is 12.4 Å². The molecule has 5 heteroatoms. The van der Waals surface area contributed by atoms with Crippen molar-refractivity contribution in [2.24, 2.45) is 5.73 Å². The maximum absolute atomic E-state index is 10.5. The van der Waals surface area contributed by atoms with Crippen LogP contribution >= 0.6 is 35.0 Å². The molecule has 1 unspecified atom stereocenters. The average molecular weight is 314 g/mol. The maximum Gasteiger partial charge on any atom is 0.325 e. The fourth-order valence-electron chi connectivity index (χ4n) is 0.813. The lowest BCUT2D eigenvalue weighted by molar-refractivity contribution is -0.138. The Balaban J connectivity index is 0.00000144. The Morgan fingerprint density at radius 3 is 2.23 bits per heavy atom. The van der Waals surface area contributed by atoms with E-state index in [4.69, 9.17) is 10.8 Å². The van der Waals surface area contributed by atoms with Crippen molar-refractivity contribution in [3.63, 3.8) is 0 Å². The second kappa shape index (κ2) is 5.41. The molecule has 0 heterocycles. The van der Waals surface area contributed by atoms with Crippen molar-refractivity contribution in [1.29, 1.82) is 0 Å². The molecular formula is C8H9ClINO2. The van der Waals surface area contributed by atoms with Gasteiger partial charge in [0.15, 0.2) is 0 Å². The predicted octanol–water partition coefficient (Wildman–Crippen LogP) is 1.80. The van der Waals surface area contributed by atoms with Gasteiger partial charge in [0.05, 0.1) is 0 Å². The first-order valence-electron chi connectivity index (χ1n) is 3.35. The second-order valence-corrected chi connectivity index (χ2v) is 3.61. The molecule has 1 aromatic rings. The smallest absolute Gasteiger partial charge is 0.325 e. The molecule has 0 aromatic heterocycles. The van der Waals surface area contributed by atoms with E-state index in [1.165, 1.54) is 0 Å². The Morgan fingerprint density at radius 2 is 1.85 bits per heavy atom. The molecule has 0 amide bonds. The van der Waals surface area contributed by atoms with Gasteiger partial charge in [0.1, 0.15) is 6.04 Å². The zero-order valence-electron chi connectivity index (χ0n) is 6.61. The van der Waals surface area contributed by atoms with E-state index in [1.807, 2.05) is 12.1 Å². The van der Waals surface area contributed by atoms with Crippen molar-refractivity contribution in [3.05, 3.63) is 33.4 Å². The summed E-state index contributed by atoms with van der Waals surface area (Å²) < 4.78 is 1.06. The average Bonchev–Trinajstić information content (AvgIpc) is 2.04. The highest BCUT2D eigenvalue weighted by atomic mass is 127. The Labute approximate surface area is 95.9 Å². The largest absolute Gasteiger partial charge is 0.480 e. The Kier molecular flexibility index (Phi) is 5.27. The van der Waals surface area contributed by atoms with Crippen LogP contribution in [-0.2, 0) is 4.79 Å². The maximum atomic E-state index is 10.5. The molecule has 1 rings (SSSR count). The van der Waals surface area contributed by atoms with Crippen LogP contribution in [0, 0.1) is 3.57 Å². The molecule has 0 aliphatic carbocycles. The Morgan fingerprint density at radius 1 is 1.38 bits per heavy atom. The molecule has 0 aliphatic rings. The summed E-state index contributed by atoms with van der Waals surface area (Å²) in [7, 11) is 0. The summed E-state index contributed by atoms with van der Waals surface area (Å²) in [6.45, 7) is 0. The molecule has 1 atom stereocenters. The lowest BCUT2D eigenvalue weighted by atomic mass is 10.1. The van der Waals surface area contributed by atoms with Crippen molar-refractivity contribution < 1.29 is 9.90 Å². The van der Waals surface area contributed by atoms with Crippen LogP contribution in [0.3, 0.4) is 0 Å². The topological polar surface area (TPSA) is 63.3 Å². The van der Waals surface area contributed by atoms with Crippen LogP contribution in [0.1, 0.15) is 11.6 Å². The molecule has 0 bridgehead atoms. The molecule has 0 fully saturated rings. The molecule has 1 aromatic carbocycles. The van der Waals surface area contributed by atoms with Crippen LogP contribution in [0.15, 0.2) is 24.3 Å². The standard InChI is InChI=1S/C8H8INO2.ClH/c9-6-3-1-5(2-4-6)7(10)8(11)12;/h1-4,7H,10H2,(H,11,12);1H. The monoisotopic (exact) mass is 313 g/mol. The number of benzene rings is 1. The molecule has 0 saturated carbocycles. The van der Waals surface area contributed by atoms with Gasteiger partial charge in [0.25, 0.3) is 0 Å². The summed E-state index contributed by atoms with van der Waals surface area (Å²) in [5.41, 5.74) is 6.01. The summed E-state index contributed by atoms with van der Waals surface area (Å²) >= 11 is 2.15. The number of nitrogens with two attached hydrogens (primary N) is 1. The lowest BCUT2D eigenvalue weighted by Crippen LogP contribution is -2.20. The van der Waals surface area contributed by atoms with E-state index in [9.17, 15) is 4.79 Å². The van der Waals surface area contributed by atoms with E-state index in [1.54, 1.807) is 12.1 Å². The van der Waals surface area contributed by atoms with E-state index in [0.717, 1.165) is 3.57 Å².